The van der Waals surface area contributed by atoms with Gasteiger partial charge in [0, 0.05) is 23.6 Å². The third-order valence-electron chi connectivity index (χ3n) is 6.20. The molecule has 0 spiro atoms. The highest BCUT2D eigenvalue weighted by Gasteiger charge is 2.39. The zero-order valence-corrected chi connectivity index (χ0v) is 21.9. The van der Waals surface area contributed by atoms with Gasteiger partial charge in [0.05, 0.1) is 18.9 Å². The third-order valence-corrected chi connectivity index (χ3v) is 7.58. The summed E-state index contributed by atoms with van der Waals surface area (Å²) >= 11 is 7.56. The SMILES string of the molecule is COc1ccc(C2=NN(C3=NC(=O)C(CC(=O)Nc4ccc(C)cc4)S3)C(c3cccc(Cl)c3)C2)cc1. The molecule has 9 heteroatoms. The van der Waals surface area contributed by atoms with Crippen LogP contribution in [0.1, 0.15) is 35.6 Å². The summed E-state index contributed by atoms with van der Waals surface area (Å²) in [6.45, 7) is 1.98. The number of nitrogens with zero attached hydrogens (tertiary/aromatic N) is 3. The molecule has 1 N–H and O–H groups in total. The molecule has 0 aliphatic carbocycles. The van der Waals surface area contributed by atoms with E-state index in [9.17, 15) is 9.59 Å². The fourth-order valence-electron chi connectivity index (χ4n) is 4.24. The minimum Gasteiger partial charge on any atom is -0.497 e. The fourth-order valence-corrected chi connectivity index (χ4v) is 5.50. The van der Waals surface area contributed by atoms with E-state index in [4.69, 9.17) is 21.4 Å². The maximum Gasteiger partial charge on any atom is 0.262 e. The van der Waals surface area contributed by atoms with Gasteiger partial charge in [-0.3, -0.25) is 9.59 Å². The molecule has 0 saturated carbocycles. The van der Waals surface area contributed by atoms with E-state index in [0.717, 1.165) is 28.2 Å². The Balaban J connectivity index is 1.35. The van der Waals surface area contributed by atoms with Gasteiger partial charge in [0.1, 0.15) is 11.0 Å². The maximum atomic E-state index is 12.8. The van der Waals surface area contributed by atoms with Gasteiger partial charge in [-0.25, -0.2) is 5.01 Å². The first kappa shape index (κ1) is 25.0. The standard InChI is InChI=1S/C28H25ClN4O3S/c1-17-6-10-21(11-7-17)30-26(34)16-25-27(35)31-28(37-25)33-24(19-4-3-5-20(29)14-19)15-23(32-33)18-8-12-22(36-2)13-9-18/h3-14,24-25H,15-16H2,1-2H3,(H,30,34). The zero-order chi connectivity index (χ0) is 25.9. The van der Waals surface area contributed by atoms with Crippen molar-refractivity contribution in [1.82, 2.24) is 5.01 Å². The van der Waals surface area contributed by atoms with Gasteiger partial charge < -0.3 is 10.1 Å². The van der Waals surface area contributed by atoms with E-state index < -0.39 is 5.25 Å². The smallest absolute Gasteiger partial charge is 0.262 e. The number of carbonyl (C=O) groups excluding carboxylic acids is 2. The van der Waals surface area contributed by atoms with Crippen LogP contribution >= 0.6 is 23.4 Å². The summed E-state index contributed by atoms with van der Waals surface area (Å²) < 4.78 is 5.28. The number of nitrogens with one attached hydrogen (secondary N) is 1. The van der Waals surface area contributed by atoms with E-state index in [1.807, 2.05) is 79.7 Å². The van der Waals surface area contributed by atoms with Gasteiger partial charge in [0.15, 0.2) is 5.17 Å². The fraction of sp³-hybridized carbons (Fsp3) is 0.214. The number of hydrogen-bond donors (Lipinski definition) is 1. The van der Waals surface area contributed by atoms with Crippen molar-refractivity contribution in [3.05, 3.63) is 94.5 Å². The minimum absolute atomic E-state index is 0.0229. The number of hydrogen-bond acceptors (Lipinski definition) is 6. The Kier molecular flexibility index (Phi) is 7.30. The largest absolute Gasteiger partial charge is 0.497 e. The summed E-state index contributed by atoms with van der Waals surface area (Å²) in [4.78, 5) is 29.7. The lowest BCUT2D eigenvalue weighted by Crippen LogP contribution is -2.25. The summed E-state index contributed by atoms with van der Waals surface area (Å²) in [7, 11) is 1.63. The number of carbonyl (C=O) groups is 2. The first-order chi connectivity index (χ1) is 17.9. The Morgan fingerprint density at radius 3 is 2.59 bits per heavy atom. The van der Waals surface area contributed by atoms with Crippen molar-refractivity contribution in [2.75, 3.05) is 12.4 Å². The van der Waals surface area contributed by atoms with Gasteiger partial charge in [-0.15, -0.1) is 0 Å². The molecule has 2 aliphatic heterocycles. The number of amides is 2. The van der Waals surface area contributed by atoms with Gasteiger partial charge in [0.25, 0.3) is 5.91 Å². The van der Waals surface area contributed by atoms with Crippen LogP contribution in [0.4, 0.5) is 5.69 Å². The maximum absolute atomic E-state index is 12.8. The second kappa shape index (κ2) is 10.8. The lowest BCUT2D eigenvalue weighted by molar-refractivity contribution is -0.121. The predicted octanol–water partition coefficient (Wildman–Crippen LogP) is 5.83. The molecule has 0 aromatic heterocycles. The topological polar surface area (TPSA) is 83.4 Å². The van der Waals surface area contributed by atoms with Crippen LogP contribution in [0.3, 0.4) is 0 Å². The lowest BCUT2D eigenvalue weighted by atomic mass is 9.98. The Labute approximate surface area is 224 Å². The molecule has 2 heterocycles. The predicted molar refractivity (Wildman–Crippen MR) is 148 cm³/mol. The second-order valence-corrected chi connectivity index (χ2v) is 10.5. The molecule has 3 aromatic carbocycles. The van der Waals surface area contributed by atoms with E-state index in [1.54, 1.807) is 12.1 Å². The number of aliphatic imine (C=N–C) groups is 1. The Morgan fingerprint density at radius 1 is 1.14 bits per heavy atom. The number of anilines is 1. The van der Waals surface area contributed by atoms with Crippen molar-refractivity contribution in [3.63, 3.8) is 0 Å². The average Bonchev–Trinajstić information content (AvgIpc) is 3.49. The van der Waals surface area contributed by atoms with E-state index in [1.165, 1.54) is 11.8 Å². The molecule has 188 valence electrons. The van der Waals surface area contributed by atoms with E-state index >= 15 is 0 Å². The number of hydrazone groups is 1. The quantitative estimate of drug-likeness (QED) is 0.431. The highest BCUT2D eigenvalue weighted by Crippen LogP contribution is 2.39. The van der Waals surface area contributed by atoms with E-state index in [-0.39, 0.29) is 24.3 Å². The number of ether oxygens (including phenoxy) is 1. The molecule has 2 unspecified atom stereocenters. The number of amidine groups is 1. The molecule has 2 atom stereocenters. The Bertz CT molecular complexity index is 1390. The van der Waals surface area contributed by atoms with Crippen molar-refractivity contribution in [2.24, 2.45) is 10.1 Å². The van der Waals surface area contributed by atoms with Crippen LogP contribution < -0.4 is 10.1 Å². The summed E-state index contributed by atoms with van der Waals surface area (Å²) in [6.07, 6.45) is 0.633. The number of halogens is 1. The van der Waals surface area contributed by atoms with Crippen molar-refractivity contribution in [3.8, 4) is 5.75 Å². The molecule has 0 fully saturated rings. The number of methoxy groups -OCH3 is 1. The summed E-state index contributed by atoms with van der Waals surface area (Å²) in [6, 6.07) is 22.7. The Morgan fingerprint density at radius 2 is 1.89 bits per heavy atom. The molecule has 5 rings (SSSR count). The van der Waals surface area contributed by atoms with Gasteiger partial charge >= 0.3 is 0 Å². The summed E-state index contributed by atoms with van der Waals surface area (Å²) in [5, 5.41) is 10.0. The van der Waals surface area contributed by atoms with Gasteiger partial charge in [-0.2, -0.15) is 10.1 Å². The minimum atomic E-state index is -0.610. The second-order valence-electron chi connectivity index (χ2n) is 8.85. The van der Waals surface area contributed by atoms with Crippen molar-refractivity contribution < 1.29 is 14.3 Å². The summed E-state index contributed by atoms with van der Waals surface area (Å²) in [5.41, 5.74) is 4.59. The molecule has 0 saturated heterocycles. The van der Waals surface area contributed by atoms with Gasteiger partial charge in [-0.05, 0) is 66.6 Å². The molecule has 37 heavy (non-hydrogen) atoms. The summed E-state index contributed by atoms with van der Waals surface area (Å²) in [5.74, 6) is 0.192. The van der Waals surface area contributed by atoms with Crippen molar-refractivity contribution in [1.29, 1.82) is 0 Å². The molecule has 0 radical (unpaired) electrons. The lowest BCUT2D eigenvalue weighted by Gasteiger charge is -2.23. The normalized spacial score (nSPS) is 19.0. The van der Waals surface area contributed by atoms with Crippen LogP contribution in [0, 0.1) is 6.92 Å². The molecule has 2 amide bonds. The van der Waals surface area contributed by atoms with Gasteiger partial charge in [0.2, 0.25) is 5.91 Å². The van der Waals surface area contributed by atoms with Gasteiger partial charge in [-0.1, -0.05) is 53.2 Å². The first-order valence-electron chi connectivity index (χ1n) is 11.8. The highest BCUT2D eigenvalue weighted by atomic mass is 35.5. The number of aryl methyl sites for hydroxylation is 1. The van der Waals surface area contributed by atoms with Crippen LogP contribution in [0.5, 0.6) is 5.75 Å². The van der Waals surface area contributed by atoms with Crippen LogP contribution in [0.25, 0.3) is 0 Å². The number of thioether (sulfide) groups is 1. The number of rotatable bonds is 6. The van der Waals surface area contributed by atoms with Crippen LogP contribution in [0.15, 0.2) is 82.9 Å². The van der Waals surface area contributed by atoms with E-state index in [2.05, 4.69) is 10.3 Å². The Hall–Kier alpha value is -3.62. The molecule has 2 aliphatic rings. The third kappa shape index (κ3) is 5.70. The first-order valence-corrected chi connectivity index (χ1v) is 13.1. The van der Waals surface area contributed by atoms with Crippen molar-refractivity contribution in [2.45, 2.75) is 31.1 Å². The zero-order valence-electron chi connectivity index (χ0n) is 20.3. The molecule has 3 aromatic rings. The monoisotopic (exact) mass is 532 g/mol. The van der Waals surface area contributed by atoms with Crippen molar-refractivity contribution >= 4 is 51.7 Å². The molecule has 0 bridgehead atoms. The van der Waals surface area contributed by atoms with Crippen LogP contribution in [-0.2, 0) is 9.59 Å². The van der Waals surface area contributed by atoms with E-state index in [0.29, 0.717) is 22.3 Å². The number of benzene rings is 3. The van der Waals surface area contributed by atoms with Crippen LogP contribution in [-0.4, -0.2) is 40.1 Å². The molecular weight excluding hydrogens is 508 g/mol. The highest BCUT2D eigenvalue weighted by molar-refractivity contribution is 8.15. The van der Waals surface area contributed by atoms with Crippen LogP contribution in [0.2, 0.25) is 5.02 Å². The molecular formula is C28H25ClN4O3S. The average molecular weight is 533 g/mol. The molecule has 7 nitrogen and oxygen atoms in total.